The summed E-state index contributed by atoms with van der Waals surface area (Å²) in [6.07, 6.45) is 3.66. The molecule has 1 atom stereocenters. The first kappa shape index (κ1) is 21.3. The minimum Gasteiger partial charge on any atom is -0.610 e. The van der Waals surface area contributed by atoms with Gasteiger partial charge in [-0.2, -0.15) is 0 Å². The predicted molar refractivity (Wildman–Crippen MR) is 112 cm³/mol. The average Bonchev–Trinajstić information content (AvgIpc) is 2.65. The number of rotatable bonds is 7. The third-order valence-corrected chi connectivity index (χ3v) is 5.72. The molecular weight excluding hydrogens is 360 g/mol. The molecule has 5 nitrogen and oxygen atoms in total. The second-order valence-corrected chi connectivity index (χ2v) is 7.98. The summed E-state index contributed by atoms with van der Waals surface area (Å²) in [6.45, 7) is 7.82. The lowest BCUT2D eigenvalue weighted by Gasteiger charge is -2.15. The van der Waals surface area contributed by atoms with Gasteiger partial charge in [-0.1, -0.05) is 13.3 Å². The highest BCUT2D eigenvalue weighted by molar-refractivity contribution is 8.05. The SMILES string of the molecule is CCCc1cc(OC)ccc1/N=C(\C)[S@@+]([O-])Cc1ncc(C)c(OC)c1C. The van der Waals surface area contributed by atoms with E-state index in [0.717, 1.165) is 52.4 Å². The molecule has 2 aromatic rings. The Balaban J connectivity index is 2.26. The zero-order valence-electron chi connectivity index (χ0n) is 17.0. The highest BCUT2D eigenvalue weighted by Gasteiger charge is 2.19. The zero-order chi connectivity index (χ0) is 20.0. The molecule has 0 radical (unpaired) electrons. The van der Waals surface area contributed by atoms with Crippen molar-refractivity contribution in [2.24, 2.45) is 4.99 Å². The molecular formula is C21H28N2O3S. The molecule has 0 aliphatic heterocycles. The van der Waals surface area contributed by atoms with E-state index in [-0.39, 0.29) is 0 Å². The number of hydrogen-bond donors (Lipinski definition) is 0. The smallest absolute Gasteiger partial charge is 0.218 e. The monoisotopic (exact) mass is 388 g/mol. The van der Waals surface area contributed by atoms with Crippen LogP contribution < -0.4 is 9.47 Å². The van der Waals surface area contributed by atoms with Crippen LogP contribution in [0.25, 0.3) is 0 Å². The molecule has 0 N–H and O–H groups in total. The molecule has 1 aromatic carbocycles. The standard InChI is InChI=1S/C21H28N2O3S/c1-7-8-17-11-18(25-5)9-10-19(17)23-16(4)27(24)13-20-15(3)21(26-6)14(2)12-22-20/h9-12H,7-8,13H2,1-6H3/b23-16+/t27-/m0/s1. The van der Waals surface area contributed by atoms with Gasteiger partial charge < -0.3 is 14.0 Å². The fourth-order valence-corrected chi connectivity index (χ4v) is 3.88. The maximum atomic E-state index is 12.8. The summed E-state index contributed by atoms with van der Waals surface area (Å²) in [5, 5.41) is 0.582. The van der Waals surface area contributed by atoms with Gasteiger partial charge in [-0.15, -0.1) is 0 Å². The minimum atomic E-state index is -1.26. The Labute approximate surface area is 165 Å². The Morgan fingerprint density at radius 1 is 1.22 bits per heavy atom. The lowest BCUT2D eigenvalue weighted by Crippen LogP contribution is -2.16. The second kappa shape index (κ2) is 9.76. The molecule has 0 saturated carbocycles. The first-order valence-electron chi connectivity index (χ1n) is 9.00. The van der Waals surface area contributed by atoms with Gasteiger partial charge in [0.2, 0.25) is 5.04 Å². The van der Waals surface area contributed by atoms with Crippen molar-refractivity contribution >= 4 is 21.9 Å². The fraction of sp³-hybridized carbons (Fsp3) is 0.429. The molecule has 27 heavy (non-hydrogen) atoms. The lowest BCUT2D eigenvalue weighted by molar-refractivity contribution is 0.407. The first-order chi connectivity index (χ1) is 12.9. The van der Waals surface area contributed by atoms with Crippen molar-refractivity contribution in [1.82, 2.24) is 4.98 Å². The van der Waals surface area contributed by atoms with Crippen LogP contribution in [0.4, 0.5) is 5.69 Å². The number of methoxy groups -OCH3 is 2. The van der Waals surface area contributed by atoms with E-state index < -0.39 is 11.2 Å². The lowest BCUT2D eigenvalue weighted by atomic mass is 10.1. The number of benzene rings is 1. The first-order valence-corrected chi connectivity index (χ1v) is 10.3. The molecule has 0 spiro atoms. The van der Waals surface area contributed by atoms with Crippen molar-refractivity contribution < 1.29 is 14.0 Å². The van der Waals surface area contributed by atoms with Crippen molar-refractivity contribution in [2.75, 3.05) is 14.2 Å². The summed E-state index contributed by atoms with van der Waals surface area (Å²) >= 11 is -1.26. The van der Waals surface area contributed by atoms with Gasteiger partial charge in [0.15, 0.2) is 5.75 Å². The van der Waals surface area contributed by atoms with E-state index >= 15 is 0 Å². The number of aryl methyl sites for hydroxylation is 2. The second-order valence-electron chi connectivity index (χ2n) is 6.41. The Bertz CT molecular complexity index is 821. The molecule has 0 amide bonds. The largest absolute Gasteiger partial charge is 0.610 e. The van der Waals surface area contributed by atoms with Gasteiger partial charge in [0.05, 0.1) is 25.6 Å². The van der Waals surface area contributed by atoms with E-state index in [1.54, 1.807) is 27.3 Å². The molecule has 1 aromatic heterocycles. The van der Waals surface area contributed by atoms with Crippen molar-refractivity contribution in [1.29, 1.82) is 0 Å². The Morgan fingerprint density at radius 2 is 1.96 bits per heavy atom. The predicted octanol–water partition coefficient (Wildman–Crippen LogP) is 4.67. The normalized spacial score (nSPS) is 12.8. The van der Waals surface area contributed by atoms with E-state index in [0.29, 0.717) is 10.8 Å². The van der Waals surface area contributed by atoms with Gasteiger partial charge in [0.25, 0.3) is 0 Å². The van der Waals surface area contributed by atoms with E-state index in [4.69, 9.17) is 9.47 Å². The van der Waals surface area contributed by atoms with Gasteiger partial charge in [-0.25, -0.2) is 4.99 Å². The summed E-state index contributed by atoms with van der Waals surface area (Å²) in [6, 6.07) is 5.79. The molecule has 146 valence electrons. The van der Waals surface area contributed by atoms with Crippen molar-refractivity contribution in [3.63, 3.8) is 0 Å². The third kappa shape index (κ3) is 5.23. The zero-order valence-corrected chi connectivity index (χ0v) is 17.8. The van der Waals surface area contributed by atoms with Crippen molar-refractivity contribution in [3.8, 4) is 11.5 Å². The highest BCUT2D eigenvalue weighted by Crippen LogP contribution is 2.28. The molecule has 6 heteroatoms. The number of pyridine rings is 1. The van der Waals surface area contributed by atoms with Crippen LogP contribution in [-0.2, 0) is 23.3 Å². The van der Waals surface area contributed by atoms with Crippen LogP contribution in [0.5, 0.6) is 11.5 Å². The number of aliphatic imine (C=N–C) groups is 1. The van der Waals surface area contributed by atoms with Gasteiger partial charge >= 0.3 is 0 Å². The summed E-state index contributed by atoms with van der Waals surface area (Å²) < 4.78 is 23.6. The fourth-order valence-electron chi connectivity index (χ4n) is 2.93. The quantitative estimate of drug-likeness (QED) is 0.393. The maximum absolute atomic E-state index is 12.8. The van der Waals surface area contributed by atoms with Crippen LogP contribution in [0.2, 0.25) is 0 Å². The number of nitrogens with zero attached hydrogens (tertiary/aromatic N) is 2. The number of ether oxygens (including phenoxy) is 2. The number of aromatic nitrogens is 1. The van der Waals surface area contributed by atoms with E-state index in [1.165, 1.54) is 0 Å². The molecule has 2 rings (SSSR count). The van der Waals surface area contributed by atoms with Gasteiger partial charge in [-0.3, -0.25) is 4.98 Å². The highest BCUT2D eigenvalue weighted by atomic mass is 32.2. The van der Waals surface area contributed by atoms with Crippen LogP contribution >= 0.6 is 0 Å². The maximum Gasteiger partial charge on any atom is 0.218 e. The third-order valence-electron chi connectivity index (χ3n) is 4.43. The van der Waals surface area contributed by atoms with E-state index in [1.807, 2.05) is 32.0 Å². The summed E-state index contributed by atoms with van der Waals surface area (Å²) in [5.74, 6) is 1.92. The summed E-state index contributed by atoms with van der Waals surface area (Å²) in [7, 11) is 3.29. The molecule has 0 saturated heterocycles. The van der Waals surface area contributed by atoms with Crippen LogP contribution in [0.15, 0.2) is 29.4 Å². The molecule has 0 unspecified atom stereocenters. The van der Waals surface area contributed by atoms with Gasteiger partial charge in [0.1, 0.15) is 11.5 Å². The van der Waals surface area contributed by atoms with Crippen LogP contribution in [0.1, 0.15) is 42.7 Å². The van der Waals surface area contributed by atoms with Crippen LogP contribution in [0.3, 0.4) is 0 Å². The van der Waals surface area contributed by atoms with Crippen molar-refractivity contribution in [3.05, 3.63) is 46.8 Å². The Hall–Kier alpha value is -2.05. The molecule has 0 aliphatic rings. The summed E-state index contributed by atoms with van der Waals surface area (Å²) in [5.41, 5.74) is 4.61. The Kier molecular flexibility index (Phi) is 7.68. The van der Waals surface area contributed by atoms with Crippen molar-refractivity contribution in [2.45, 2.75) is 46.3 Å². The van der Waals surface area contributed by atoms with E-state index in [2.05, 4.69) is 16.9 Å². The molecule has 0 bridgehead atoms. The number of hydrogen-bond acceptors (Lipinski definition) is 5. The molecule has 0 aliphatic carbocycles. The average molecular weight is 389 g/mol. The molecule has 0 fully saturated rings. The van der Waals surface area contributed by atoms with E-state index in [9.17, 15) is 4.55 Å². The van der Waals surface area contributed by atoms with Gasteiger partial charge in [0, 0.05) is 35.4 Å². The van der Waals surface area contributed by atoms with Gasteiger partial charge in [-0.05, 0) is 44.0 Å². The topological polar surface area (TPSA) is 66.8 Å². The minimum absolute atomic E-state index is 0.317. The van der Waals surface area contributed by atoms with Crippen LogP contribution in [-0.4, -0.2) is 28.8 Å². The summed E-state index contributed by atoms with van der Waals surface area (Å²) in [4.78, 5) is 9.08. The van der Waals surface area contributed by atoms with Crippen LogP contribution in [0, 0.1) is 13.8 Å². The Morgan fingerprint density at radius 3 is 2.59 bits per heavy atom. The molecule has 1 heterocycles.